The number of sulfone groups is 1. The minimum atomic E-state index is -4.59. The van der Waals surface area contributed by atoms with E-state index in [0.717, 1.165) is 30.7 Å². The van der Waals surface area contributed by atoms with E-state index >= 15 is 0 Å². The monoisotopic (exact) mass is 404 g/mol. The molecule has 1 aliphatic carbocycles. The van der Waals surface area contributed by atoms with Crippen molar-refractivity contribution in [1.82, 2.24) is 0 Å². The number of aliphatic imine (C=N–C) groups is 1. The molecule has 1 aromatic rings. The van der Waals surface area contributed by atoms with Crippen molar-refractivity contribution >= 4 is 38.4 Å². The van der Waals surface area contributed by atoms with Crippen molar-refractivity contribution in [3.8, 4) is 0 Å². The fourth-order valence-electron chi connectivity index (χ4n) is 3.29. The van der Waals surface area contributed by atoms with Gasteiger partial charge in [-0.15, -0.1) is 0 Å². The highest BCUT2D eigenvalue weighted by molar-refractivity contribution is 8.16. The number of carbonyl (C=O) groups is 1. The average Bonchev–Trinajstić information content (AvgIpc) is 3.27. The number of rotatable bonds is 2. The fraction of sp³-hybridized carbons (Fsp3) is 0.500. The number of alkyl halides is 3. The molecule has 26 heavy (non-hydrogen) atoms. The van der Waals surface area contributed by atoms with E-state index in [4.69, 9.17) is 0 Å². The first-order valence-electron chi connectivity index (χ1n) is 8.11. The number of thioether (sulfide) groups is 1. The van der Waals surface area contributed by atoms with E-state index in [-0.39, 0.29) is 34.2 Å². The van der Waals surface area contributed by atoms with Gasteiger partial charge in [0.2, 0.25) is 0 Å². The largest absolute Gasteiger partial charge is 0.418 e. The number of carbonyl (C=O) groups excluding carboxylic acids is 1. The number of hydrogen-bond donors (Lipinski definition) is 0. The van der Waals surface area contributed by atoms with Crippen molar-refractivity contribution in [2.45, 2.75) is 30.3 Å². The Balaban J connectivity index is 1.80. The van der Waals surface area contributed by atoms with Crippen LogP contribution in [0.15, 0.2) is 29.3 Å². The highest BCUT2D eigenvalue weighted by atomic mass is 32.2. The second kappa shape index (κ2) is 5.98. The van der Waals surface area contributed by atoms with Gasteiger partial charge in [0, 0.05) is 11.2 Å². The third-order valence-electron chi connectivity index (χ3n) is 4.67. The van der Waals surface area contributed by atoms with Crippen LogP contribution in [0.5, 0.6) is 0 Å². The molecule has 2 heterocycles. The molecule has 0 spiro atoms. The normalized spacial score (nSPS) is 29.2. The lowest BCUT2D eigenvalue weighted by molar-refractivity contribution is -0.137. The van der Waals surface area contributed by atoms with Crippen LogP contribution in [0.4, 0.5) is 18.9 Å². The topological polar surface area (TPSA) is 66.8 Å². The molecular weight excluding hydrogens is 389 g/mol. The van der Waals surface area contributed by atoms with Gasteiger partial charge < -0.3 is 4.90 Å². The summed E-state index contributed by atoms with van der Waals surface area (Å²) >= 11 is 1.09. The first kappa shape index (κ1) is 17.8. The number of amides is 1. The SMILES string of the molecule is O=C(N=C1SC2CS(=O)(=O)CC2N1c1ccccc1C(F)(F)F)C1CC1. The summed E-state index contributed by atoms with van der Waals surface area (Å²) in [5.41, 5.74) is -1.02. The molecule has 5 nitrogen and oxygen atoms in total. The van der Waals surface area contributed by atoms with Gasteiger partial charge in [-0.3, -0.25) is 4.79 Å². The van der Waals surface area contributed by atoms with E-state index in [1.807, 2.05) is 0 Å². The lowest BCUT2D eigenvalue weighted by Crippen LogP contribution is -2.39. The standard InChI is InChI=1S/C16H15F3N2O3S2/c17-16(18,19)10-3-1-2-4-11(10)21-12-7-26(23,24)8-13(12)25-15(21)20-14(22)9-5-6-9/h1-4,9,12-13H,5-8H2. The van der Waals surface area contributed by atoms with E-state index in [0.29, 0.717) is 0 Å². The molecule has 2 unspecified atom stereocenters. The molecule has 1 saturated carbocycles. The van der Waals surface area contributed by atoms with Crippen LogP contribution < -0.4 is 4.90 Å². The first-order chi connectivity index (χ1) is 12.2. The second-order valence-corrected chi connectivity index (χ2v) is 10.1. The number of nitrogens with zero attached hydrogens (tertiary/aromatic N) is 2. The lowest BCUT2D eigenvalue weighted by atomic mass is 10.1. The van der Waals surface area contributed by atoms with Gasteiger partial charge in [0.25, 0.3) is 5.91 Å². The summed E-state index contributed by atoms with van der Waals surface area (Å²) in [5, 5.41) is -0.254. The van der Waals surface area contributed by atoms with E-state index in [2.05, 4.69) is 4.99 Å². The van der Waals surface area contributed by atoms with Gasteiger partial charge in [0.1, 0.15) is 0 Å². The van der Waals surface area contributed by atoms with E-state index in [9.17, 15) is 26.4 Å². The lowest BCUT2D eigenvalue weighted by Gasteiger charge is -2.27. The molecule has 0 bridgehead atoms. The highest BCUT2D eigenvalue weighted by Gasteiger charge is 2.51. The minimum absolute atomic E-state index is 0.121. The predicted molar refractivity (Wildman–Crippen MR) is 92.9 cm³/mol. The zero-order chi connectivity index (χ0) is 18.7. The molecule has 2 saturated heterocycles. The van der Waals surface area contributed by atoms with Crippen molar-refractivity contribution < 1.29 is 26.4 Å². The fourth-order valence-corrected chi connectivity index (χ4v) is 7.20. The molecule has 2 atom stereocenters. The smallest absolute Gasteiger partial charge is 0.315 e. The van der Waals surface area contributed by atoms with Crippen molar-refractivity contribution in [3.05, 3.63) is 29.8 Å². The molecule has 0 aromatic heterocycles. The Hall–Kier alpha value is -1.55. The van der Waals surface area contributed by atoms with Crippen LogP contribution in [0.25, 0.3) is 0 Å². The Morgan fingerprint density at radius 3 is 2.54 bits per heavy atom. The maximum Gasteiger partial charge on any atom is 0.418 e. The van der Waals surface area contributed by atoms with Gasteiger partial charge in [0.05, 0.1) is 28.8 Å². The number of benzene rings is 1. The Morgan fingerprint density at radius 1 is 1.19 bits per heavy atom. The van der Waals surface area contributed by atoms with Gasteiger partial charge in [0.15, 0.2) is 15.0 Å². The number of anilines is 1. The van der Waals surface area contributed by atoms with Gasteiger partial charge >= 0.3 is 6.18 Å². The number of hydrogen-bond acceptors (Lipinski definition) is 4. The summed E-state index contributed by atoms with van der Waals surface area (Å²) in [7, 11) is -3.33. The van der Waals surface area contributed by atoms with Gasteiger partial charge in [-0.2, -0.15) is 18.2 Å². The number of halogens is 3. The Labute approximate surface area is 152 Å². The van der Waals surface area contributed by atoms with Crippen LogP contribution in [0.3, 0.4) is 0 Å². The Kier molecular flexibility index (Phi) is 4.11. The van der Waals surface area contributed by atoms with E-state index < -0.39 is 32.9 Å². The second-order valence-electron chi connectivity index (χ2n) is 6.69. The molecular formula is C16H15F3N2O3S2. The molecule has 3 aliphatic rings. The first-order valence-corrected chi connectivity index (χ1v) is 10.8. The summed E-state index contributed by atoms with van der Waals surface area (Å²) in [4.78, 5) is 17.5. The molecule has 140 valence electrons. The van der Waals surface area contributed by atoms with Crippen LogP contribution in [0.1, 0.15) is 18.4 Å². The molecule has 1 amide bonds. The summed E-state index contributed by atoms with van der Waals surface area (Å²) in [6.07, 6.45) is -3.12. The van der Waals surface area contributed by atoms with Crippen molar-refractivity contribution in [1.29, 1.82) is 0 Å². The maximum atomic E-state index is 13.5. The molecule has 1 aromatic carbocycles. The summed E-state index contributed by atoms with van der Waals surface area (Å²) in [6.45, 7) is 0. The zero-order valence-electron chi connectivity index (χ0n) is 13.4. The van der Waals surface area contributed by atoms with E-state index in [1.165, 1.54) is 23.1 Å². The van der Waals surface area contributed by atoms with Crippen LogP contribution in [-0.4, -0.2) is 42.3 Å². The summed E-state index contributed by atoms with van der Waals surface area (Å²) in [6, 6.07) is 4.35. The third-order valence-corrected chi connectivity index (χ3v) is 7.88. The highest BCUT2D eigenvalue weighted by Crippen LogP contribution is 2.45. The molecule has 4 rings (SSSR count). The van der Waals surface area contributed by atoms with Gasteiger partial charge in [-0.25, -0.2) is 8.42 Å². The summed E-state index contributed by atoms with van der Waals surface area (Å²) in [5.74, 6) is -0.867. The summed E-state index contributed by atoms with van der Waals surface area (Å²) < 4.78 is 64.4. The van der Waals surface area contributed by atoms with Crippen LogP contribution >= 0.6 is 11.8 Å². The minimum Gasteiger partial charge on any atom is -0.315 e. The Morgan fingerprint density at radius 2 is 1.88 bits per heavy atom. The predicted octanol–water partition coefficient (Wildman–Crippen LogP) is 2.72. The van der Waals surface area contributed by atoms with Crippen LogP contribution in [-0.2, 0) is 20.8 Å². The molecule has 0 radical (unpaired) electrons. The van der Waals surface area contributed by atoms with Crippen molar-refractivity contribution in [3.63, 3.8) is 0 Å². The Bertz CT molecular complexity index is 894. The number of para-hydroxylation sites is 1. The van der Waals surface area contributed by atoms with Gasteiger partial charge in [-0.05, 0) is 25.0 Å². The number of fused-ring (bicyclic) bond motifs is 1. The van der Waals surface area contributed by atoms with Gasteiger partial charge in [-0.1, -0.05) is 23.9 Å². The van der Waals surface area contributed by atoms with Crippen molar-refractivity contribution in [2.24, 2.45) is 10.9 Å². The van der Waals surface area contributed by atoms with Crippen molar-refractivity contribution in [2.75, 3.05) is 16.4 Å². The third kappa shape index (κ3) is 3.24. The van der Waals surface area contributed by atoms with Crippen LogP contribution in [0, 0.1) is 5.92 Å². The zero-order valence-corrected chi connectivity index (χ0v) is 15.1. The quantitative estimate of drug-likeness (QED) is 0.758. The maximum absolute atomic E-state index is 13.5. The average molecular weight is 404 g/mol. The van der Waals surface area contributed by atoms with Crippen LogP contribution in [0.2, 0.25) is 0 Å². The molecule has 2 aliphatic heterocycles. The molecule has 10 heteroatoms. The molecule has 3 fully saturated rings. The molecule has 0 N–H and O–H groups in total. The van der Waals surface area contributed by atoms with E-state index in [1.54, 1.807) is 0 Å². The number of amidine groups is 1.